The zero-order chi connectivity index (χ0) is 10.4. The van der Waals surface area contributed by atoms with Gasteiger partial charge in [0.15, 0.2) is 0 Å². The maximum Gasteiger partial charge on any atom is 0.0728 e. The van der Waals surface area contributed by atoms with E-state index in [1.165, 1.54) is 25.7 Å². The largest absolute Gasteiger partial charge is 0.377 e. The van der Waals surface area contributed by atoms with Gasteiger partial charge in [0.1, 0.15) is 0 Å². The Morgan fingerprint density at radius 3 is 2.64 bits per heavy atom. The standard InChI is InChI=1S/C12H25NO/c1-4-13-11(8-7-10(2)3)12-6-5-9-14-12/h10-13H,4-9H2,1-3H3. The minimum Gasteiger partial charge on any atom is -0.377 e. The third-order valence-corrected chi connectivity index (χ3v) is 2.94. The van der Waals surface area contributed by atoms with E-state index in [-0.39, 0.29) is 0 Å². The summed E-state index contributed by atoms with van der Waals surface area (Å²) in [5.41, 5.74) is 0. The van der Waals surface area contributed by atoms with E-state index < -0.39 is 0 Å². The van der Waals surface area contributed by atoms with Gasteiger partial charge in [0.05, 0.1) is 6.10 Å². The molecule has 0 radical (unpaired) electrons. The molecule has 2 heteroatoms. The maximum atomic E-state index is 5.74. The summed E-state index contributed by atoms with van der Waals surface area (Å²) in [6.07, 6.45) is 5.53. The summed E-state index contributed by atoms with van der Waals surface area (Å²) in [6.45, 7) is 8.78. The summed E-state index contributed by atoms with van der Waals surface area (Å²) in [4.78, 5) is 0. The third-order valence-electron chi connectivity index (χ3n) is 2.94. The van der Waals surface area contributed by atoms with Crippen LogP contribution in [0.4, 0.5) is 0 Å². The minimum atomic E-state index is 0.480. The van der Waals surface area contributed by atoms with Crippen LogP contribution in [0.25, 0.3) is 0 Å². The van der Waals surface area contributed by atoms with Crippen molar-refractivity contribution in [2.45, 2.75) is 58.6 Å². The van der Waals surface area contributed by atoms with Gasteiger partial charge in [0, 0.05) is 12.6 Å². The van der Waals surface area contributed by atoms with Crippen LogP contribution in [0.5, 0.6) is 0 Å². The molecule has 1 N–H and O–H groups in total. The molecule has 0 saturated carbocycles. The normalized spacial score (nSPS) is 24.4. The second-order valence-corrected chi connectivity index (χ2v) is 4.69. The van der Waals surface area contributed by atoms with Gasteiger partial charge in [-0.25, -0.2) is 0 Å². The van der Waals surface area contributed by atoms with Crippen molar-refractivity contribution in [1.82, 2.24) is 5.32 Å². The first-order valence-electron chi connectivity index (χ1n) is 6.09. The number of hydrogen-bond donors (Lipinski definition) is 1. The van der Waals surface area contributed by atoms with E-state index in [2.05, 4.69) is 26.1 Å². The van der Waals surface area contributed by atoms with Gasteiger partial charge in [-0.3, -0.25) is 0 Å². The monoisotopic (exact) mass is 199 g/mol. The summed E-state index contributed by atoms with van der Waals surface area (Å²) in [5, 5.41) is 3.55. The van der Waals surface area contributed by atoms with Crippen LogP contribution in [0, 0.1) is 5.92 Å². The molecule has 0 bridgehead atoms. The lowest BCUT2D eigenvalue weighted by Gasteiger charge is -2.24. The second kappa shape index (κ2) is 6.41. The van der Waals surface area contributed by atoms with Crippen molar-refractivity contribution < 1.29 is 4.74 Å². The lowest BCUT2D eigenvalue weighted by atomic mass is 9.98. The summed E-state index contributed by atoms with van der Waals surface area (Å²) in [5.74, 6) is 0.803. The van der Waals surface area contributed by atoms with E-state index in [4.69, 9.17) is 4.74 Å². The number of likely N-dealkylation sites (N-methyl/N-ethyl adjacent to an activating group) is 1. The zero-order valence-electron chi connectivity index (χ0n) is 9.88. The van der Waals surface area contributed by atoms with Gasteiger partial charge >= 0.3 is 0 Å². The van der Waals surface area contributed by atoms with Crippen molar-refractivity contribution in [1.29, 1.82) is 0 Å². The molecule has 1 aliphatic heterocycles. The van der Waals surface area contributed by atoms with Gasteiger partial charge in [-0.1, -0.05) is 20.8 Å². The highest BCUT2D eigenvalue weighted by molar-refractivity contribution is 4.80. The van der Waals surface area contributed by atoms with Crippen molar-refractivity contribution in [2.24, 2.45) is 5.92 Å². The van der Waals surface area contributed by atoms with Crippen molar-refractivity contribution in [3.63, 3.8) is 0 Å². The number of ether oxygens (including phenoxy) is 1. The molecule has 0 spiro atoms. The predicted octanol–water partition coefficient (Wildman–Crippen LogP) is 2.58. The van der Waals surface area contributed by atoms with E-state index >= 15 is 0 Å². The summed E-state index contributed by atoms with van der Waals surface area (Å²) < 4.78 is 5.74. The Hall–Kier alpha value is -0.0800. The molecule has 14 heavy (non-hydrogen) atoms. The Bertz CT molecular complexity index is 141. The van der Waals surface area contributed by atoms with Crippen LogP contribution in [-0.2, 0) is 4.74 Å². The Balaban J connectivity index is 2.29. The zero-order valence-corrected chi connectivity index (χ0v) is 9.88. The quantitative estimate of drug-likeness (QED) is 0.710. The van der Waals surface area contributed by atoms with E-state index in [0.717, 1.165) is 19.1 Å². The summed E-state index contributed by atoms with van der Waals surface area (Å²) in [6, 6.07) is 0.588. The van der Waals surface area contributed by atoms with Crippen LogP contribution < -0.4 is 5.32 Å². The highest BCUT2D eigenvalue weighted by Gasteiger charge is 2.24. The molecular formula is C12H25NO. The highest BCUT2D eigenvalue weighted by Crippen LogP contribution is 2.20. The fourth-order valence-corrected chi connectivity index (χ4v) is 2.11. The van der Waals surface area contributed by atoms with Gasteiger partial charge in [-0.2, -0.15) is 0 Å². The average Bonchev–Trinajstić information content (AvgIpc) is 2.64. The highest BCUT2D eigenvalue weighted by atomic mass is 16.5. The lowest BCUT2D eigenvalue weighted by Crippen LogP contribution is -2.39. The molecule has 2 nitrogen and oxygen atoms in total. The molecule has 0 amide bonds. The fourth-order valence-electron chi connectivity index (χ4n) is 2.11. The molecule has 2 unspecified atom stereocenters. The van der Waals surface area contributed by atoms with Crippen molar-refractivity contribution in [3.05, 3.63) is 0 Å². The Morgan fingerprint density at radius 1 is 1.36 bits per heavy atom. The number of hydrogen-bond acceptors (Lipinski definition) is 2. The van der Waals surface area contributed by atoms with Crippen molar-refractivity contribution in [3.8, 4) is 0 Å². The molecule has 0 aliphatic carbocycles. The fraction of sp³-hybridized carbons (Fsp3) is 1.00. The Kier molecular flexibility index (Phi) is 5.49. The lowest BCUT2D eigenvalue weighted by molar-refractivity contribution is 0.0743. The van der Waals surface area contributed by atoms with Crippen LogP contribution in [0.3, 0.4) is 0 Å². The van der Waals surface area contributed by atoms with E-state index in [9.17, 15) is 0 Å². The first-order valence-corrected chi connectivity index (χ1v) is 6.09. The molecule has 1 fully saturated rings. The average molecular weight is 199 g/mol. The molecule has 1 aliphatic rings. The van der Waals surface area contributed by atoms with Gasteiger partial charge < -0.3 is 10.1 Å². The van der Waals surface area contributed by atoms with E-state index in [0.29, 0.717) is 12.1 Å². The maximum absolute atomic E-state index is 5.74. The van der Waals surface area contributed by atoms with Crippen LogP contribution in [0.2, 0.25) is 0 Å². The van der Waals surface area contributed by atoms with Crippen LogP contribution >= 0.6 is 0 Å². The predicted molar refractivity (Wildman–Crippen MR) is 60.5 cm³/mol. The third kappa shape index (κ3) is 3.97. The Labute approximate surface area is 88.4 Å². The molecule has 1 saturated heterocycles. The smallest absolute Gasteiger partial charge is 0.0728 e. The van der Waals surface area contributed by atoms with Crippen LogP contribution in [0.15, 0.2) is 0 Å². The van der Waals surface area contributed by atoms with Gasteiger partial charge in [-0.05, 0) is 38.1 Å². The van der Waals surface area contributed by atoms with Crippen molar-refractivity contribution >= 4 is 0 Å². The first kappa shape index (κ1) is 12.0. The van der Waals surface area contributed by atoms with Gasteiger partial charge in [-0.15, -0.1) is 0 Å². The molecule has 0 aromatic heterocycles. The molecule has 2 atom stereocenters. The number of nitrogens with one attached hydrogen (secondary N) is 1. The SMILES string of the molecule is CCNC(CCC(C)C)C1CCCO1. The van der Waals surface area contributed by atoms with Gasteiger partial charge in [0.2, 0.25) is 0 Å². The second-order valence-electron chi connectivity index (χ2n) is 4.69. The molecule has 1 rings (SSSR count). The van der Waals surface area contributed by atoms with Crippen LogP contribution in [0.1, 0.15) is 46.5 Å². The molecular weight excluding hydrogens is 174 g/mol. The molecule has 84 valence electrons. The summed E-state index contributed by atoms with van der Waals surface area (Å²) >= 11 is 0. The van der Waals surface area contributed by atoms with Crippen molar-refractivity contribution in [2.75, 3.05) is 13.2 Å². The number of rotatable bonds is 6. The van der Waals surface area contributed by atoms with E-state index in [1.807, 2.05) is 0 Å². The topological polar surface area (TPSA) is 21.3 Å². The van der Waals surface area contributed by atoms with E-state index in [1.54, 1.807) is 0 Å². The minimum absolute atomic E-state index is 0.480. The summed E-state index contributed by atoms with van der Waals surface area (Å²) in [7, 11) is 0. The molecule has 0 aromatic carbocycles. The van der Waals surface area contributed by atoms with Gasteiger partial charge in [0.25, 0.3) is 0 Å². The molecule has 1 heterocycles. The van der Waals surface area contributed by atoms with Crippen LogP contribution in [-0.4, -0.2) is 25.3 Å². The molecule has 0 aromatic rings. The Morgan fingerprint density at radius 2 is 2.14 bits per heavy atom. The first-order chi connectivity index (χ1) is 6.74.